The molecule has 4 rings (SSSR count). The number of aromatic nitrogens is 1. The van der Waals surface area contributed by atoms with Gasteiger partial charge in [-0.3, -0.25) is 9.78 Å². The molecule has 2 N–H and O–H groups in total. The summed E-state index contributed by atoms with van der Waals surface area (Å²) in [4.78, 5) is 16.1. The molecule has 1 saturated carbocycles. The summed E-state index contributed by atoms with van der Waals surface area (Å²) < 4.78 is 16.8. The monoisotopic (exact) mass is 369 g/mol. The molecule has 7 nitrogen and oxygen atoms in total. The van der Waals surface area contributed by atoms with Gasteiger partial charge in [-0.15, -0.1) is 0 Å². The topological polar surface area (TPSA) is 81.7 Å². The average Bonchev–Trinajstić information content (AvgIpc) is 3.17. The van der Waals surface area contributed by atoms with Crippen molar-refractivity contribution in [3.63, 3.8) is 0 Å². The van der Waals surface area contributed by atoms with Gasteiger partial charge in [0.15, 0.2) is 11.5 Å². The van der Waals surface area contributed by atoms with Crippen molar-refractivity contribution in [3.8, 4) is 17.2 Å². The summed E-state index contributed by atoms with van der Waals surface area (Å²) in [7, 11) is 0. The Balaban J connectivity index is 1.19. The van der Waals surface area contributed by atoms with E-state index in [1.54, 1.807) is 12.4 Å². The van der Waals surface area contributed by atoms with E-state index in [2.05, 4.69) is 15.6 Å². The molecule has 2 aliphatic rings. The molecule has 2 heterocycles. The highest BCUT2D eigenvalue weighted by molar-refractivity contribution is 5.80. The number of amides is 1. The van der Waals surface area contributed by atoms with Crippen molar-refractivity contribution >= 4 is 11.6 Å². The van der Waals surface area contributed by atoms with E-state index in [9.17, 15) is 4.79 Å². The van der Waals surface area contributed by atoms with Crippen LogP contribution in [0, 0.1) is 0 Å². The predicted octanol–water partition coefficient (Wildman–Crippen LogP) is 2.73. The molecule has 2 aromatic rings. The molecule has 1 fully saturated rings. The number of pyridine rings is 1. The van der Waals surface area contributed by atoms with Crippen molar-refractivity contribution in [2.24, 2.45) is 0 Å². The standard InChI is InChI=1S/C20H23N3O4/c24-20(12-22-15-2-1-9-21-11-15)23-14-3-5-16(6-4-14)27-17-7-8-18-19(10-17)26-13-25-18/h1-2,7-11,14,16,22H,3-6,12-13H2,(H,23,24). The van der Waals surface area contributed by atoms with E-state index in [-0.39, 0.29) is 31.4 Å². The Bertz CT molecular complexity index is 776. The van der Waals surface area contributed by atoms with Crippen LogP contribution in [0.15, 0.2) is 42.7 Å². The van der Waals surface area contributed by atoms with Gasteiger partial charge in [-0.25, -0.2) is 0 Å². The second kappa shape index (κ2) is 8.16. The van der Waals surface area contributed by atoms with Gasteiger partial charge in [-0.1, -0.05) is 0 Å². The maximum absolute atomic E-state index is 12.1. The summed E-state index contributed by atoms with van der Waals surface area (Å²) in [6, 6.07) is 9.58. The van der Waals surface area contributed by atoms with Gasteiger partial charge in [-0.05, 0) is 49.9 Å². The number of nitrogens with zero attached hydrogens (tertiary/aromatic N) is 1. The lowest BCUT2D eigenvalue weighted by atomic mass is 9.93. The van der Waals surface area contributed by atoms with Crippen LogP contribution in [-0.4, -0.2) is 36.4 Å². The SMILES string of the molecule is O=C(CNc1cccnc1)NC1CCC(Oc2ccc3c(c2)OCO3)CC1. The number of ether oxygens (including phenoxy) is 3. The molecule has 0 radical (unpaired) electrons. The molecular weight excluding hydrogens is 346 g/mol. The molecule has 27 heavy (non-hydrogen) atoms. The van der Waals surface area contributed by atoms with Crippen molar-refractivity contribution in [2.45, 2.75) is 37.8 Å². The van der Waals surface area contributed by atoms with Crippen LogP contribution in [0.4, 0.5) is 5.69 Å². The molecule has 0 saturated heterocycles. The first-order valence-corrected chi connectivity index (χ1v) is 9.26. The second-order valence-electron chi connectivity index (χ2n) is 6.77. The zero-order valence-corrected chi connectivity index (χ0v) is 15.0. The molecule has 0 spiro atoms. The lowest BCUT2D eigenvalue weighted by Crippen LogP contribution is -2.42. The van der Waals surface area contributed by atoms with Crippen molar-refractivity contribution in [1.29, 1.82) is 0 Å². The van der Waals surface area contributed by atoms with Gasteiger partial charge in [0.1, 0.15) is 5.75 Å². The Morgan fingerprint density at radius 3 is 2.81 bits per heavy atom. The van der Waals surface area contributed by atoms with Crippen molar-refractivity contribution in [3.05, 3.63) is 42.7 Å². The van der Waals surface area contributed by atoms with Gasteiger partial charge >= 0.3 is 0 Å². The van der Waals surface area contributed by atoms with Crippen molar-refractivity contribution in [2.75, 3.05) is 18.7 Å². The first-order valence-electron chi connectivity index (χ1n) is 9.26. The molecule has 1 aromatic heterocycles. The number of nitrogens with one attached hydrogen (secondary N) is 2. The number of carbonyl (C=O) groups excluding carboxylic acids is 1. The molecule has 0 bridgehead atoms. The third-order valence-corrected chi connectivity index (χ3v) is 4.80. The van der Waals surface area contributed by atoms with Gasteiger partial charge in [0.2, 0.25) is 12.7 Å². The number of rotatable bonds is 6. The lowest BCUT2D eigenvalue weighted by molar-refractivity contribution is -0.120. The highest BCUT2D eigenvalue weighted by atomic mass is 16.7. The molecule has 0 unspecified atom stereocenters. The second-order valence-corrected chi connectivity index (χ2v) is 6.77. The highest BCUT2D eigenvalue weighted by Gasteiger charge is 2.24. The Hall–Kier alpha value is -2.96. The molecule has 7 heteroatoms. The van der Waals surface area contributed by atoms with E-state index < -0.39 is 0 Å². The van der Waals surface area contributed by atoms with Crippen molar-refractivity contribution in [1.82, 2.24) is 10.3 Å². The molecule has 1 aliphatic carbocycles. The van der Waals surface area contributed by atoms with Crippen LogP contribution >= 0.6 is 0 Å². The van der Waals surface area contributed by atoms with Gasteiger partial charge in [-0.2, -0.15) is 0 Å². The fourth-order valence-electron chi connectivity index (χ4n) is 3.40. The van der Waals surface area contributed by atoms with Crippen LogP contribution in [0.1, 0.15) is 25.7 Å². The fraction of sp³-hybridized carbons (Fsp3) is 0.400. The predicted molar refractivity (Wildman–Crippen MR) is 100 cm³/mol. The van der Waals surface area contributed by atoms with Crippen LogP contribution in [0.5, 0.6) is 17.2 Å². The number of fused-ring (bicyclic) bond motifs is 1. The smallest absolute Gasteiger partial charge is 0.239 e. The van der Waals surface area contributed by atoms with Crippen LogP contribution in [-0.2, 0) is 4.79 Å². The summed E-state index contributed by atoms with van der Waals surface area (Å²) in [6.45, 7) is 0.512. The Labute approximate surface area is 158 Å². The maximum atomic E-state index is 12.1. The summed E-state index contributed by atoms with van der Waals surface area (Å²) in [6.07, 6.45) is 7.21. The van der Waals surface area contributed by atoms with E-state index >= 15 is 0 Å². The van der Waals surface area contributed by atoms with Crippen molar-refractivity contribution < 1.29 is 19.0 Å². The number of benzene rings is 1. The normalized spacial score (nSPS) is 20.7. The summed E-state index contributed by atoms with van der Waals surface area (Å²) >= 11 is 0. The van der Waals surface area contributed by atoms with Crippen LogP contribution < -0.4 is 24.8 Å². The Morgan fingerprint density at radius 1 is 1.15 bits per heavy atom. The zero-order valence-electron chi connectivity index (χ0n) is 15.0. The lowest BCUT2D eigenvalue weighted by Gasteiger charge is -2.29. The van der Waals surface area contributed by atoms with Gasteiger partial charge in [0, 0.05) is 24.5 Å². The maximum Gasteiger partial charge on any atom is 0.239 e. The van der Waals surface area contributed by atoms with E-state index in [0.717, 1.165) is 48.6 Å². The number of hydrogen-bond acceptors (Lipinski definition) is 6. The third-order valence-electron chi connectivity index (χ3n) is 4.80. The summed E-state index contributed by atoms with van der Waals surface area (Å²) in [5.74, 6) is 2.29. The zero-order chi connectivity index (χ0) is 18.5. The first-order chi connectivity index (χ1) is 13.3. The Morgan fingerprint density at radius 2 is 2.00 bits per heavy atom. The average molecular weight is 369 g/mol. The minimum absolute atomic E-state index is 0.000933. The molecule has 1 aliphatic heterocycles. The number of hydrogen-bond donors (Lipinski definition) is 2. The third kappa shape index (κ3) is 4.61. The molecule has 1 aromatic carbocycles. The van der Waals surface area contributed by atoms with E-state index in [4.69, 9.17) is 14.2 Å². The molecule has 1 amide bonds. The first kappa shape index (κ1) is 17.5. The molecular formula is C20H23N3O4. The van der Waals surface area contributed by atoms with Gasteiger partial charge in [0.05, 0.1) is 18.3 Å². The van der Waals surface area contributed by atoms with Gasteiger partial charge in [0.25, 0.3) is 0 Å². The minimum Gasteiger partial charge on any atom is -0.490 e. The van der Waals surface area contributed by atoms with Crippen LogP contribution in [0.25, 0.3) is 0 Å². The highest BCUT2D eigenvalue weighted by Crippen LogP contribution is 2.36. The van der Waals surface area contributed by atoms with E-state index in [1.807, 2.05) is 30.3 Å². The Kier molecular flexibility index (Phi) is 5.27. The van der Waals surface area contributed by atoms with Gasteiger partial charge < -0.3 is 24.8 Å². The number of carbonyl (C=O) groups is 1. The molecule has 142 valence electrons. The molecule has 0 atom stereocenters. The quantitative estimate of drug-likeness (QED) is 0.815. The number of anilines is 1. The fourth-order valence-corrected chi connectivity index (χ4v) is 3.40. The summed E-state index contributed by atoms with van der Waals surface area (Å²) in [5, 5.41) is 6.17. The largest absolute Gasteiger partial charge is 0.490 e. The van der Waals surface area contributed by atoms with Crippen LogP contribution in [0.2, 0.25) is 0 Å². The van der Waals surface area contributed by atoms with E-state index in [0.29, 0.717) is 0 Å². The summed E-state index contributed by atoms with van der Waals surface area (Å²) in [5.41, 5.74) is 0.841. The van der Waals surface area contributed by atoms with Crippen LogP contribution in [0.3, 0.4) is 0 Å². The minimum atomic E-state index is -0.000933. The van der Waals surface area contributed by atoms with E-state index in [1.165, 1.54) is 0 Å².